The van der Waals surface area contributed by atoms with Crippen LogP contribution in [-0.4, -0.2) is 20.0 Å². The van der Waals surface area contributed by atoms with Crippen LogP contribution in [0.3, 0.4) is 0 Å². The first-order valence-electron chi connectivity index (χ1n) is 12.2. The molecule has 4 nitrogen and oxygen atoms in total. The zero-order valence-corrected chi connectivity index (χ0v) is 21.1. The molecule has 0 saturated carbocycles. The molecule has 1 aliphatic heterocycles. The van der Waals surface area contributed by atoms with Crippen molar-refractivity contribution in [2.75, 3.05) is 14.2 Å². The molecule has 4 aromatic rings. The molecule has 0 N–H and O–H groups in total. The Morgan fingerprint density at radius 3 is 2.19 bits per heavy atom. The zero-order chi connectivity index (χ0) is 25.8. The van der Waals surface area contributed by atoms with Gasteiger partial charge in [-0.15, -0.1) is 0 Å². The van der Waals surface area contributed by atoms with E-state index in [1.165, 1.54) is 11.1 Å². The summed E-state index contributed by atoms with van der Waals surface area (Å²) in [4.78, 5) is 13.3. The highest BCUT2D eigenvalue weighted by molar-refractivity contribution is 6.05. The summed E-state index contributed by atoms with van der Waals surface area (Å²) in [7, 11) is 3.13. The number of ether oxygens (including phenoxy) is 3. The Hall–Kier alpha value is -4.57. The Kier molecular flexibility index (Phi) is 6.91. The molecule has 0 spiro atoms. The van der Waals surface area contributed by atoms with Crippen molar-refractivity contribution in [3.8, 4) is 17.2 Å². The van der Waals surface area contributed by atoms with Crippen LogP contribution in [-0.2, 0) is 0 Å². The number of rotatable bonds is 7. The van der Waals surface area contributed by atoms with Crippen LogP contribution >= 0.6 is 0 Å². The van der Waals surface area contributed by atoms with E-state index in [4.69, 9.17) is 14.2 Å². The minimum absolute atomic E-state index is 0.101. The van der Waals surface area contributed by atoms with E-state index in [-0.39, 0.29) is 11.7 Å². The Morgan fingerprint density at radius 1 is 0.784 bits per heavy atom. The monoisotopic (exact) mass is 488 g/mol. The minimum atomic E-state index is -0.136. The lowest BCUT2D eigenvalue weighted by atomic mass is 9.79. The molecule has 1 heterocycles. The van der Waals surface area contributed by atoms with Gasteiger partial charge in [0.2, 0.25) is 0 Å². The molecule has 4 aromatic carbocycles. The summed E-state index contributed by atoms with van der Waals surface area (Å²) in [5.74, 6) is 2.41. The lowest BCUT2D eigenvalue weighted by Gasteiger charge is -2.31. The van der Waals surface area contributed by atoms with Crippen LogP contribution in [0.15, 0.2) is 115 Å². The van der Waals surface area contributed by atoms with E-state index in [0.29, 0.717) is 17.1 Å². The van der Waals surface area contributed by atoms with Gasteiger partial charge in [0.15, 0.2) is 17.3 Å². The van der Waals surface area contributed by atoms with Gasteiger partial charge in [-0.3, -0.25) is 4.79 Å². The molecule has 5 rings (SSSR count). The normalized spacial score (nSPS) is 14.7. The number of benzene rings is 4. The highest BCUT2D eigenvalue weighted by Gasteiger charge is 2.31. The lowest BCUT2D eigenvalue weighted by molar-refractivity contribution is 0.104. The van der Waals surface area contributed by atoms with Crippen LogP contribution in [0.2, 0.25) is 0 Å². The first-order chi connectivity index (χ1) is 18.1. The fourth-order valence-corrected chi connectivity index (χ4v) is 4.76. The number of carbonyl (C=O) groups is 1. The van der Waals surface area contributed by atoms with Crippen molar-refractivity contribution < 1.29 is 19.0 Å². The maximum absolute atomic E-state index is 13.3. The van der Waals surface area contributed by atoms with Crippen LogP contribution in [0, 0.1) is 6.92 Å². The summed E-state index contributed by atoms with van der Waals surface area (Å²) < 4.78 is 17.2. The number of ketones is 1. The molecule has 4 heteroatoms. The molecule has 0 radical (unpaired) electrons. The molecule has 1 atom stereocenters. The van der Waals surface area contributed by atoms with Gasteiger partial charge >= 0.3 is 0 Å². The van der Waals surface area contributed by atoms with Gasteiger partial charge in [-0.1, -0.05) is 78.9 Å². The van der Waals surface area contributed by atoms with Gasteiger partial charge in [0, 0.05) is 28.2 Å². The maximum atomic E-state index is 13.3. The number of hydrogen-bond acceptors (Lipinski definition) is 4. The average Bonchev–Trinajstić information content (AvgIpc) is 2.95. The standard InChI is InChI=1S/C33H28O4/c1-22-11-7-8-14-25(22)32-26-15-9-10-16-29(26)37-33(23-12-5-4-6-13-23)27(32)18-19-28(34)24-17-20-30(35-2)31(21-24)36-3/h4-21,32H,1-3H3/b19-18+/t32-/m1/s1. The van der Waals surface area contributed by atoms with Gasteiger partial charge in [0.25, 0.3) is 0 Å². The Labute approximate surface area is 217 Å². The van der Waals surface area contributed by atoms with E-state index < -0.39 is 0 Å². The van der Waals surface area contributed by atoms with Crippen LogP contribution in [0.5, 0.6) is 17.2 Å². The number of methoxy groups -OCH3 is 2. The predicted molar refractivity (Wildman–Crippen MR) is 146 cm³/mol. The Bertz CT molecular complexity index is 1500. The first kappa shape index (κ1) is 24.1. The molecule has 0 aromatic heterocycles. The van der Waals surface area contributed by atoms with E-state index >= 15 is 0 Å². The third-order valence-electron chi connectivity index (χ3n) is 6.63. The molecule has 1 aliphatic rings. The summed E-state index contributed by atoms with van der Waals surface area (Å²) in [5, 5.41) is 0. The lowest BCUT2D eigenvalue weighted by Crippen LogP contribution is -2.16. The number of fused-ring (bicyclic) bond motifs is 1. The highest BCUT2D eigenvalue weighted by atomic mass is 16.5. The number of allylic oxidation sites excluding steroid dienone is 3. The van der Waals surface area contributed by atoms with Crippen LogP contribution in [0.25, 0.3) is 5.76 Å². The highest BCUT2D eigenvalue weighted by Crippen LogP contribution is 2.47. The second kappa shape index (κ2) is 10.6. The van der Waals surface area contributed by atoms with E-state index in [0.717, 1.165) is 28.2 Å². The molecule has 0 fully saturated rings. The van der Waals surface area contributed by atoms with Gasteiger partial charge in [0.05, 0.1) is 14.2 Å². The Balaban J connectivity index is 1.66. The van der Waals surface area contributed by atoms with Gasteiger partial charge < -0.3 is 14.2 Å². The zero-order valence-electron chi connectivity index (χ0n) is 21.1. The first-order valence-corrected chi connectivity index (χ1v) is 12.2. The molecule has 184 valence electrons. The third-order valence-corrected chi connectivity index (χ3v) is 6.63. The predicted octanol–water partition coefficient (Wildman–Crippen LogP) is 7.39. The number of hydrogen-bond donors (Lipinski definition) is 0. The van der Waals surface area contributed by atoms with Crippen LogP contribution < -0.4 is 14.2 Å². The van der Waals surface area contributed by atoms with Crippen molar-refractivity contribution in [3.63, 3.8) is 0 Å². The molecule has 0 bridgehead atoms. The molecule has 0 amide bonds. The molecule has 0 aliphatic carbocycles. The van der Waals surface area contributed by atoms with E-state index in [2.05, 4.69) is 31.2 Å². The van der Waals surface area contributed by atoms with Crippen LogP contribution in [0.4, 0.5) is 0 Å². The van der Waals surface area contributed by atoms with E-state index in [9.17, 15) is 4.79 Å². The second-order valence-electron chi connectivity index (χ2n) is 8.85. The summed E-state index contributed by atoms with van der Waals surface area (Å²) in [6.07, 6.45) is 3.51. The van der Waals surface area contributed by atoms with Crippen molar-refractivity contribution in [1.82, 2.24) is 0 Å². The van der Waals surface area contributed by atoms with Crippen molar-refractivity contribution in [1.29, 1.82) is 0 Å². The van der Waals surface area contributed by atoms with Gasteiger partial charge in [-0.05, 0) is 48.4 Å². The second-order valence-corrected chi connectivity index (χ2v) is 8.85. The van der Waals surface area contributed by atoms with Crippen molar-refractivity contribution in [2.45, 2.75) is 12.8 Å². The topological polar surface area (TPSA) is 44.8 Å². The SMILES string of the molecule is COc1ccc(C(=O)/C=C/C2=C(c3ccccc3)Oc3ccccc3[C@H]2c2ccccc2C)cc1OC. The largest absolute Gasteiger partial charge is 0.493 e. The average molecular weight is 489 g/mol. The quantitative estimate of drug-likeness (QED) is 0.201. The smallest absolute Gasteiger partial charge is 0.185 e. The number of aryl methyl sites for hydroxylation is 1. The molecular formula is C33H28O4. The fourth-order valence-electron chi connectivity index (χ4n) is 4.76. The third kappa shape index (κ3) is 4.78. The summed E-state index contributed by atoms with van der Waals surface area (Å²) >= 11 is 0. The van der Waals surface area contributed by atoms with E-state index in [1.54, 1.807) is 38.5 Å². The van der Waals surface area contributed by atoms with Crippen molar-refractivity contribution >= 4 is 11.5 Å². The van der Waals surface area contributed by atoms with Crippen molar-refractivity contribution in [2.24, 2.45) is 0 Å². The van der Waals surface area contributed by atoms with E-state index in [1.807, 2.05) is 60.7 Å². The summed E-state index contributed by atoms with van der Waals surface area (Å²) in [6, 6.07) is 31.7. The van der Waals surface area contributed by atoms with Crippen molar-refractivity contribution in [3.05, 3.63) is 143 Å². The van der Waals surface area contributed by atoms with Gasteiger partial charge in [-0.25, -0.2) is 0 Å². The summed E-state index contributed by atoms with van der Waals surface area (Å²) in [6.45, 7) is 2.12. The number of para-hydroxylation sites is 1. The molecule has 0 unspecified atom stereocenters. The number of carbonyl (C=O) groups excluding carboxylic acids is 1. The minimum Gasteiger partial charge on any atom is -0.493 e. The maximum Gasteiger partial charge on any atom is 0.185 e. The molecule has 0 saturated heterocycles. The molecular weight excluding hydrogens is 460 g/mol. The molecule has 37 heavy (non-hydrogen) atoms. The van der Waals surface area contributed by atoms with Crippen LogP contribution in [0.1, 0.15) is 38.5 Å². The summed E-state index contributed by atoms with van der Waals surface area (Å²) in [5.41, 5.74) is 5.80. The van der Waals surface area contributed by atoms with Gasteiger partial charge in [0.1, 0.15) is 11.5 Å². The van der Waals surface area contributed by atoms with Gasteiger partial charge in [-0.2, -0.15) is 0 Å². The Morgan fingerprint density at radius 2 is 1.46 bits per heavy atom. The fraction of sp³-hybridized carbons (Fsp3) is 0.121.